The maximum absolute atomic E-state index is 11.6. The van der Waals surface area contributed by atoms with Gasteiger partial charge in [-0.15, -0.1) is 23.7 Å². The van der Waals surface area contributed by atoms with Crippen molar-refractivity contribution in [1.82, 2.24) is 10.2 Å². The highest BCUT2D eigenvalue weighted by atomic mass is 35.5. The molecular weight excluding hydrogens is 296 g/mol. The van der Waals surface area contributed by atoms with E-state index in [1.54, 1.807) is 17.4 Å². The molecule has 1 N–H and O–H groups in total. The van der Waals surface area contributed by atoms with E-state index in [2.05, 4.69) is 10.2 Å². The number of carbonyl (C=O) groups is 1. The molecule has 0 bridgehead atoms. The fourth-order valence-corrected chi connectivity index (χ4v) is 2.56. The van der Waals surface area contributed by atoms with Crippen molar-refractivity contribution in [3.8, 4) is 0 Å². The highest BCUT2D eigenvalue weighted by Crippen LogP contribution is 2.09. The highest BCUT2D eigenvalue weighted by Gasteiger charge is 2.09. The van der Waals surface area contributed by atoms with Crippen LogP contribution in [-0.4, -0.2) is 50.2 Å². The van der Waals surface area contributed by atoms with Crippen LogP contribution in [-0.2, 0) is 9.53 Å². The van der Waals surface area contributed by atoms with Gasteiger partial charge in [0.05, 0.1) is 13.2 Å². The summed E-state index contributed by atoms with van der Waals surface area (Å²) in [5.74, 6) is -0.0182. The summed E-state index contributed by atoms with van der Waals surface area (Å²) in [6, 6.07) is 3.97. The Kier molecular flexibility index (Phi) is 8.53. The van der Waals surface area contributed by atoms with E-state index in [-0.39, 0.29) is 18.3 Å². The molecule has 1 amide bonds. The minimum atomic E-state index is -0.0182. The number of hydrogen-bond donors (Lipinski definition) is 1. The van der Waals surface area contributed by atoms with E-state index in [4.69, 9.17) is 4.74 Å². The largest absolute Gasteiger partial charge is 0.379 e. The Bertz CT molecular complexity index is 403. The van der Waals surface area contributed by atoms with Crippen LogP contribution in [0.3, 0.4) is 0 Å². The topological polar surface area (TPSA) is 41.6 Å². The van der Waals surface area contributed by atoms with Gasteiger partial charge in [0.1, 0.15) is 0 Å². The first-order chi connectivity index (χ1) is 9.34. The van der Waals surface area contributed by atoms with Gasteiger partial charge < -0.3 is 10.1 Å². The van der Waals surface area contributed by atoms with Gasteiger partial charge >= 0.3 is 0 Å². The smallest absolute Gasteiger partial charge is 0.244 e. The van der Waals surface area contributed by atoms with Crippen molar-refractivity contribution in [2.24, 2.45) is 0 Å². The van der Waals surface area contributed by atoms with Crippen LogP contribution in [0.25, 0.3) is 6.08 Å². The first kappa shape index (κ1) is 17.2. The Balaban J connectivity index is 0.00000200. The molecule has 2 rings (SSSR count). The number of halogens is 1. The monoisotopic (exact) mass is 316 g/mol. The van der Waals surface area contributed by atoms with Gasteiger partial charge in [-0.05, 0) is 30.5 Å². The number of rotatable bonds is 6. The van der Waals surface area contributed by atoms with Gasteiger partial charge in [0, 0.05) is 30.6 Å². The third-order valence-electron chi connectivity index (χ3n) is 3.00. The summed E-state index contributed by atoms with van der Waals surface area (Å²) >= 11 is 1.63. The normalized spacial score (nSPS) is 16.0. The molecule has 0 aromatic carbocycles. The van der Waals surface area contributed by atoms with Crippen LogP contribution in [0.15, 0.2) is 23.6 Å². The van der Waals surface area contributed by atoms with Gasteiger partial charge in [-0.2, -0.15) is 0 Å². The minimum absolute atomic E-state index is 0. The van der Waals surface area contributed by atoms with Crippen LogP contribution in [0, 0.1) is 0 Å². The van der Waals surface area contributed by atoms with Crippen LogP contribution in [0.5, 0.6) is 0 Å². The maximum atomic E-state index is 11.6. The SMILES string of the molecule is Cl.O=C(C=Cc1cccs1)NCCCN1CCOCC1. The van der Waals surface area contributed by atoms with E-state index in [1.807, 2.05) is 23.6 Å². The lowest BCUT2D eigenvalue weighted by atomic mass is 10.3. The van der Waals surface area contributed by atoms with Gasteiger partial charge in [-0.25, -0.2) is 0 Å². The average molecular weight is 317 g/mol. The number of carbonyl (C=O) groups excluding carboxylic acids is 1. The molecule has 6 heteroatoms. The molecule has 4 nitrogen and oxygen atoms in total. The Hall–Kier alpha value is -0.880. The number of morpholine rings is 1. The molecule has 0 unspecified atom stereocenters. The molecule has 0 radical (unpaired) electrons. The second-order valence-corrected chi connectivity index (χ2v) is 5.43. The Morgan fingerprint density at radius 1 is 1.45 bits per heavy atom. The fraction of sp³-hybridized carbons (Fsp3) is 0.500. The standard InChI is InChI=1S/C14H20N2O2S.ClH/c17-14(5-4-13-3-1-12-19-13)15-6-2-7-16-8-10-18-11-9-16;/h1,3-5,12H,2,6-11H2,(H,15,17);1H. The van der Waals surface area contributed by atoms with E-state index in [0.29, 0.717) is 0 Å². The van der Waals surface area contributed by atoms with Crippen LogP contribution in [0.4, 0.5) is 0 Å². The second kappa shape index (κ2) is 9.94. The summed E-state index contributed by atoms with van der Waals surface area (Å²) in [4.78, 5) is 15.0. The van der Waals surface area contributed by atoms with Crippen LogP contribution in [0.1, 0.15) is 11.3 Å². The molecule has 1 aromatic heterocycles. The lowest BCUT2D eigenvalue weighted by Crippen LogP contribution is -2.38. The molecule has 1 saturated heterocycles. The van der Waals surface area contributed by atoms with Crippen molar-refractivity contribution < 1.29 is 9.53 Å². The molecule has 1 aliphatic heterocycles. The Labute approximate surface area is 130 Å². The van der Waals surface area contributed by atoms with Gasteiger partial charge in [0.2, 0.25) is 5.91 Å². The number of nitrogens with zero attached hydrogens (tertiary/aromatic N) is 1. The quantitative estimate of drug-likeness (QED) is 0.645. The van der Waals surface area contributed by atoms with Crippen molar-refractivity contribution in [3.05, 3.63) is 28.5 Å². The molecule has 0 aliphatic carbocycles. The van der Waals surface area contributed by atoms with Crippen molar-refractivity contribution in [2.75, 3.05) is 39.4 Å². The number of hydrogen-bond acceptors (Lipinski definition) is 4. The van der Waals surface area contributed by atoms with Gasteiger partial charge in [0.25, 0.3) is 0 Å². The molecule has 0 atom stereocenters. The lowest BCUT2D eigenvalue weighted by molar-refractivity contribution is -0.116. The van der Waals surface area contributed by atoms with E-state index < -0.39 is 0 Å². The summed E-state index contributed by atoms with van der Waals surface area (Å²) < 4.78 is 5.29. The maximum Gasteiger partial charge on any atom is 0.244 e. The molecule has 1 aliphatic rings. The number of thiophene rings is 1. The zero-order chi connectivity index (χ0) is 13.3. The summed E-state index contributed by atoms with van der Waals surface area (Å²) in [5.41, 5.74) is 0. The molecule has 2 heterocycles. The molecule has 20 heavy (non-hydrogen) atoms. The summed E-state index contributed by atoms with van der Waals surface area (Å²) in [6.07, 6.45) is 4.43. The summed E-state index contributed by atoms with van der Waals surface area (Å²) in [6.45, 7) is 5.42. The molecule has 1 aromatic rings. The molecule has 0 saturated carbocycles. The predicted molar refractivity (Wildman–Crippen MR) is 85.5 cm³/mol. The number of amides is 1. The highest BCUT2D eigenvalue weighted by molar-refractivity contribution is 7.10. The minimum Gasteiger partial charge on any atom is -0.379 e. The number of ether oxygens (including phenoxy) is 1. The number of nitrogens with one attached hydrogen (secondary N) is 1. The van der Waals surface area contributed by atoms with Crippen molar-refractivity contribution in [1.29, 1.82) is 0 Å². The third kappa shape index (κ3) is 6.52. The zero-order valence-electron chi connectivity index (χ0n) is 11.4. The Morgan fingerprint density at radius 2 is 2.25 bits per heavy atom. The molecule has 1 fully saturated rings. The lowest BCUT2D eigenvalue weighted by Gasteiger charge is -2.26. The van der Waals surface area contributed by atoms with E-state index in [0.717, 1.165) is 50.7 Å². The van der Waals surface area contributed by atoms with E-state index in [1.165, 1.54) is 0 Å². The van der Waals surface area contributed by atoms with Crippen molar-refractivity contribution >= 4 is 35.7 Å². The summed E-state index contributed by atoms with van der Waals surface area (Å²) in [7, 11) is 0. The first-order valence-corrected chi connectivity index (χ1v) is 7.52. The molecule has 112 valence electrons. The van der Waals surface area contributed by atoms with Crippen LogP contribution >= 0.6 is 23.7 Å². The van der Waals surface area contributed by atoms with Crippen LogP contribution < -0.4 is 5.32 Å². The van der Waals surface area contributed by atoms with E-state index in [9.17, 15) is 4.79 Å². The fourth-order valence-electron chi connectivity index (χ4n) is 1.94. The van der Waals surface area contributed by atoms with Crippen molar-refractivity contribution in [3.63, 3.8) is 0 Å². The van der Waals surface area contributed by atoms with Gasteiger partial charge in [0.15, 0.2) is 0 Å². The zero-order valence-corrected chi connectivity index (χ0v) is 13.0. The second-order valence-electron chi connectivity index (χ2n) is 4.45. The van der Waals surface area contributed by atoms with Crippen LogP contribution in [0.2, 0.25) is 0 Å². The van der Waals surface area contributed by atoms with Gasteiger partial charge in [-0.1, -0.05) is 6.07 Å². The average Bonchev–Trinajstić information content (AvgIpc) is 2.96. The third-order valence-corrected chi connectivity index (χ3v) is 3.83. The molecular formula is C14H21ClN2O2S. The summed E-state index contributed by atoms with van der Waals surface area (Å²) in [5, 5.41) is 4.91. The van der Waals surface area contributed by atoms with Gasteiger partial charge in [-0.3, -0.25) is 9.69 Å². The first-order valence-electron chi connectivity index (χ1n) is 6.64. The van der Waals surface area contributed by atoms with Crippen molar-refractivity contribution in [2.45, 2.75) is 6.42 Å². The Morgan fingerprint density at radius 3 is 2.95 bits per heavy atom. The van der Waals surface area contributed by atoms with E-state index >= 15 is 0 Å². The molecule has 0 spiro atoms. The predicted octanol–water partition coefficient (Wildman–Crippen LogP) is 2.02.